The minimum absolute atomic E-state index is 0.0560. The number of aliphatic carboxylic acids is 1. The lowest BCUT2D eigenvalue weighted by Crippen LogP contribution is -2.36. The van der Waals surface area contributed by atoms with Gasteiger partial charge >= 0.3 is 5.97 Å². The molecule has 94 valence electrons. The predicted molar refractivity (Wildman–Crippen MR) is 60.3 cm³/mol. The van der Waals surface area contributed by atoms with E-state index in [1.54, 1.807) is 0 Å². The van der Waals surface area contributed by atoms with E-state index >= 15 is 0 Å². The van der Waals surface area contributed by atoms with Crippen molar-refractivity contribution in [3.63, 3.8) is 0 Å². The molecule has 0 fully saturated rings. The van der Waals surface area contributed by atoms with E-state index in [4.69, 9.17) is 21.8 Å². The van der Waals surface area contributed by atoms with E-state index in [-0.39, 0.29) is 4.90 Å². The Morgan fingerprint density at radius 3 is 2.35 bits per heavy atom. The van der Waals surface area contributed by atoms with Gasteiger partial charge in [-0.05, 0) is 24.3 Å². The van der Waals surface area contributed by atoms with Gasteiger partial charge in [-0.1, -0.05) is 11.6 Å². The highest BCUT2D eigenvalue weighted by Gasteiger charge is 2.19. The smallest absolute Gasteiger partial charge is 0.333 e. The van der Waals surface area contributed by atoms with Gasteiger partial charge in [0.05, 0.1) is 4.90 Å². The first-order valence-electron chi connectivity index (χ1n) is 4.49. The molecule has 0 spiro atoms. The summed E-state index contributed by atoms with van der Waals surface area (Å²) in [6.45, 7) is -0.597. The van der Waals surface area contributed by atoms with Crippen LogP contribution >= 0.6 is 11.6 Å². The molecular weight excluding hydrogens is 270 g/mol. The summed E-state index contributed by atoms with van der Waals surface area (Å²) in [5, 5.41) is 17.7. The van der Waals surface area contributed by atoms with Crippen LogP contribution in [0, 0.1) is 0 Å². The lowest BCUT2D eigenvalue weighted by molar-refractivity contribution is -0.146. The molecule has 0 aliphatic carbocycles. The molecule has 0 aliphatic heterocycles. The zero-order valence-corrected chi connectivity index (χ0v) is 10.1. The SMILES string of the molecule is O=C(O)C(O)CNS(=O)(=O)c1ccc(Cl)cc1. The van der Waals surface area contributed by atoms with Crippen molar-refractivity contribution in [2.45, 2.75) is 11.0 Å². The van der Waals surface area contributed by atoms with E-state index in [9.17, 15) is 13.2 Å². The van der Waals surface area contributed by atoms with E-state index in [2.05, 4.69) is 0 Å². The number of aliphatic hydroxyl groups is 1. The first-order chi connectivity index (χ1) is 7.83. The van der Waals surface area contributed by atoms with E-state index in [1.807, 2.05) is 4.72 Å². The van der Waals surface area contributed by atoms with Crippen molar-refractivity contribution in [3.8, 4) is 0 Å². The lowest BCUT2D eigenvalue weighted by atomic mass is 10.4. The van der Waals surface area contributed by atoms with Crippen molar-refractivity contribution in [3.05, 3.63) is 29.3 Å². The Morgan fingerprint density at radius 1 is 1.35 bits per heavy atom. The number of sulfonamides is 1. The second-order valence-corrected chi connectivity index (χ2v) is 5.36. The van der Waals surface area contributed by atoms with Crippen LogP contribution in [-0.2, 0) is 14.8 Å². The monoisotopic (exact) mass is 279 g/mol. The lowest BCUT2D eigenvalue weighted by Gasteiger charge is -2.08. The molecule has 1 aromatic rings. The number of aliphatic hydroxyl groups excluding tert-OH is 1. The van der Waals surface area contributed by atoms with Gasteiger partial charge in [0.2, 0.25) is 10.0 Å². The molecule has 0 saturated heterocycles. The molecule has 8 heteroatoms. The van der Waals surface area contributed by atoms with Gasteiger partial charge in [-0.3, -0.25) is 0 Å². The zero-order valence-electron chi connectivity index (χ0n) is 8.50. The zero-order chi connectivity index (χ0) is 13.1. The van der Waals surface area contributed by atoms with Crippen LogP contribution in [0.4, 0.5) is 0 Å². The molecule has 1 unspecified atom stereocenters. The fourth-order valence-electron chi connectivity index (χ4n) is 0.973. The maximum absolute atomic E-state index is 11.6. The topological polar surface area (TPSA) is 104 Å². The molecule has 1 rings (SSSR count). The van der Waals surface area contributed by atoms with Crippen LogP contribution < -0.4 is 4.72 Å². The van der Waals surface area contributed by atoms with Crippen molar-refractivity contribution in [2.75, 3.05) is 6.54 Å². The third kappa shape index (κ3) is 3.97. The summed E-state index contributed by atoms with van der Waals surface area (Å²) in [4.78, 5) is 10.2. The van der Waals surface area contributed by atoms with E-state index in [0.717, 1.165) is 0 Å². The largest absolute Gasteiger partial charge is 0.479 e. The molecular formula is C9H10ClNO5S. The van der Waals surface area contributed by atoms with Crippen LogP contribution in [0.5, 0.6) is 0 Å². The van der Waals surface area contributed by atoms with Crippen molar-refractivity contribution >= 4 is 27.6 Å². The fraction of sp³-hybridized carbons (Fsp3) is 0.222. The molecule has 0 aliphatic rings. The summed E-state index contributed by atoms with van der Waals surface area (Å²) in [5.74, 6) is -1.50. The minimum atomic E-state index is -3.84. The van der Waals surface area contributed by atoms with Crippen LogP contribution in [0.2, 0.25) is 5.02 Å². The Balaban J connectivity index is 2.76. The Hall–Kier alpha value is -1.15. The Morgan fingerprint density at radius 2 is 1.88 bits per heavy atom. The number of halogens is 1. The Labute approximate surface area is 103 Å². The van der Waals surface area contributed by atoms with Gasteiger partial charge in [-0.15, -0.1) is 0 Å². The Kier molecular flexibility index (Phi) is 4.47. The molecule has 6 nitrogen and oxygen atoms in total. The number of rotatable bonds is 5. The van der Waals surface area contributed by atoms with Crippen LogP contribution in [0.3, 0.4) is 0 Å². The average molecular weight is 280 g/mol. The average Bonchev–Trinajstić information content (AvgIpc) is 2.26. The second kappa shape index (κ2) is 5.46. The van der Waals surface area contributed by atoms with Crippen LogP contribution in [0.1, 0.15) is 0 Å². The third-order valence-corrected chi connectivity index (χ3v) is 3.57. The standard InChI is InChI=1S/C9H10ClNO5S/c10-6-1-3-7(4-2-6)17(15,16)11-5-8(12)9(13)14/h1-4,8,11-12H,5H2,(H,13,14). The van der Waals surface area contributed by atoms with Gasteiger partial charge in [0.1, 0.15) is 0 Å². The fourth-order valence-corrected chi connectivity index (χ4v) is 2.14. The molecule has 0 heterocycles. The van der Waals surface area contributed by atoms with Gasteiger partial charge in [-0.25, -0.2) is 17.9 Å². The highest BCUT2D eigenvalue weighted by atomic mass is 35.5. The van der Waals surface area contributed by atoms with E-state index in [1.165, 1.54) is 24.3 Å². The molecule has 1 aromatic carbocycles. The summed E-state index contributed by atoms with van der Waals surface area (Å²) in [7, 11) is -3.84. The van der Waals surface area contributed by atoms with Gasteiger partial charge in [0.15, 0.2) is 6.10 Å². The van der Waals surface area contributed by atoms with Crippen molar-refractivity contribution in [1.29, 1.82) is 0 Å². The van der Waals surface area contributed by atoms with Gasteiger partial charge < -0.3 is 10.2 Å². The third-order valence-electron chi connectivity index (χ3n) is 1.88. The summed E-state index contributed by atoms with van der Waals surface area (Å²) in [6, 6.07) is 5.34. The molecule has 1 atom stereocenters. The van der Waals surface area contributed by atoms with E-state index in [0.29, 0.717) is 5.02 Å². The maximum Gasteiger partial charge on any atom is 0.333 e. The first kappa shape index (κ1) is 13.9. The summed E-state index contributed by atoms with van der Waals surface area (Å²) >= 11 is 5.60. The number of hydrogen-bond acceptors (Lipinski definition) is 4. The van der Waals surface area contributed by atoms with Gasteiger partial charge in [0, 0.05) is 11.6 Å². The Bertz CT molecular complexity index is 499. The number of nitrogens with one attached hydrogen (secondary N) is 1. The summed E-state index contributed by atoms with van der Waals surface area (Å²) in [5.41, 5.74) is 0. The maximum atomic E-state index is 11.6. The summed E-state index contributed by atoms with van der Waals surface area (Å²) in [6.07, 6.45) is -1.78. The van der Waals surface area contributed by atoms with Crippen LogP contribution in [0.25, 0.3) is 0 Å². The molecule has 0 aromatic heterocycles. The van der Waals surface area contributed by atoms with Crippen LogP contribution in [-0.4, -0.2) is 37.2 Å². The molecule has 0 radical (unpaired) electrons. The van der Waals surface area contributed by atoms with Gasteiger partial charge in [0.25, 0.3) is 0 Å². The molecule has 3 N–H and O–H groups in total. The number of carbonyl (C=O) groups is 1. The quantitative estimate of drug-likeness (QED) is 0.707. The van der Waals surface area contributed by atoms with Gasteiger partial charge in [-0.2, -0.15) is 0 Å². The molecule has 0 saturated carbocycles. The summed E-state index contributed by atoms with van der Waals surface area (Å²) < 4.78 is 25.2. The van der Waals surface area contributed by atoms with Crippen molar-refractivity contribution < 1.29 is 23.4 Å². The van der Waals surface area contributed by atoms with Crippen molar-refractivity contribution in [2.24, 2.45) is 0 Å². The number of hydrogen-bond donors (Lipinski definition) is 3. The van der Waals surface area contributed by atoms with Crippen LogP contribution in [0.15, 0.2) is 29.2 Å². The normalized spacial score (nSPS) is 13.3. The first-order valence-corrected chi connectivity index (χ1v) is 6.35. The second-order valence-electron chi connectivity index (χ2n) is 3.16. The molecule has 17 heavy (non-hydrogen) atoms. The number of benzene rings is 1. The highest BCUT2D eigenvalue weighted by molar-refractivity contribution is 7.89. The van der Waals surface area contributed by atoms with E-state index < -0.39 is 28.6 Å². The predicted octanol–water partition coefficient (Wildman–Crippen LogP) is 0.0638. The number of carboxylic acid groups (broad SMARTS) is 1. The highest BCUT2D eigenvalue weighted by Crippen LogP contribution is 2.13. The van der Waals surface area contributed by atoms with Crippen molar-refractivity contribution in [1.82, 2.24) is 4.72 Å². The molecule has 0 amide bonds. The number of carboxylic acids is 1. The molecule has 0 bridgehead atoms. The minimum Gasteiger partial charge on any atom is -0.479 e.